The zero-order chi connectivity index (χ0) is 21.1. The maximum absolute atomic E-state index is 12.7. The second-order valence-electron chi connectivity index (χ2n) is 6.80. The Bertz CT molecular complexity index is 1180. The average molecular weight is 409 g/mol. The van der Waals surface area contributed by atoms with Crippen molar-refractivity contribution in [1.82, 2.24) is 24.9 Å². The summed E-state index contributed by atoms with van der Waals surface area (Å²) in [7, 11) is 2.80. The molecule has 10 nitrogen and oxygen atoms in total. The Morgan fingerprint density at radius 1 is 1.30 bits per heavy atom. The summed E-state index contributed by atoms with van der Waals surface area (Å²) in [6.45, 7) is 0. The molecule has 30 heavy (non-hydrogen) atoms. The van der Waals surface area contributed by atoms with E-state index in [9.17, 15) is 4.79 Å². The molecule has 0 aliphatic heterocycles. The van der Waals surface area contributed by atoms with Gasteiger partial charge in [0, 0.05) is 26.3 Å². The normalized spacial score (nSPS) is 13.4. The molecule has 1 fully saturated rings. The molecule has 156 valence electrons. The van der Waals surface area contributed by atoms with E-state index < -0.39 is 0 Å². The topological polar surface area (TPSA) is 130 Å². The van der Waals surface area contributed by atoms with Crippen molar-refractivity contribution in [3.8, 4) is 0 Å². The molecule has 1 amide bonds. The molecule has 0 unspecified atom stereocenters. The van der Waals surface area contributed by atoms with Crippen molar-refractivity contribution < 1.29 is 14.3 Å². The minimum Gasteiger partial charge on any atom is -0.443 e. The number of aliphatic hydroxyl groups excluding tert-OH is 1. The van der Waals surface area contributed by atoms with Crippen LogP contribution in [0.5, 0.6) is 0 Å². The van der Waals surface area contributed by atoms with E-state index in [2.05, 4.69) is 31.0 Å². The molecule has 3 aromatic heterocycles. The van der Waals surface area contributed by atoms with Gasteiger partial charge in [0.1, 0.15) is 22.7 Å². The minimum absolute atomic E-state index is 0.148. The number of benzene rings is 1. The van der Waals surface area contributed by atoms with Gasteiger partial charge in [-0.15, -0.1) is 0 Å². The second kappa shape index (κ2) is 8.37. The fourth-order valence-electron chi connectivity index (χ4n) is 3.31. The largest absolute Gasteiger partial charge is 0.443 e. The number of carbonyl (C=O) groups excluding carboxylic acids is 1. The summed E-state index contributed by atoms with van der Waals surface area (Å²) in [6, 6.07) is 7.70. The van der Waals surface area contributed by atoms with Crippen LogP contribution >= 0.6 is 0 Å². The van der Waals surface area contributed by atoms with Crippen molar-refractivity contribution in [3.05, 3.63) is 42.4 Å². The van der Waals surface area contributed by atoms with Crippen molar-refractivity contribution in [3.63, 3.8) is 0 Å². The van der Waals surface area contributed by atoms with Crippen molar-refractivity contribution in [2.45, 2.75) is 25.3 Å². The van der Waals surface area contributed by atoms with Gasteiger partial charge in [-0.2, -0.15) is 9.61 Å². The number of aliphatic hydroxyl groups is 1. The second-order valence-corrected chi connectivity index (χ2v) is 6.80. The lowest BCUT2D eigenvalue weighted by molar-refractivity contribution is 0.0918. The standard InChI is InChI=1S/C19H19N7O2.CH4O/c1-20-16-8-15(24-13-6-3-7-14-17(13)21-10-28-14)25-18-12(9-22-26(16)18)19(27)23-11-4-2-5-11;1-2/h3,6-11,20H,2,4-5H2,1H3,(H,23,27)(H,24,25);2H,1H3. The number of carbonyl (C=O) groups is 1. The van der Waals surface area contributed by atoms with Crippen LogP contribution in [0, 0.1) is 0 Å². The highest BCUT2D eigenvalue weighted by molar-refractivity contribution is 6.00. The highest BCUT2D eigenvalue weighted by atomic mass is 16.3. The molecule has 0 saturated heterocycles. The molecule has 3 heterocycles. The number of rotatable bonds is 5. The number of para-hydroxylation sites is 1. The third kappa shape index (κ3) is 3.52. The fourth-order valence-corrected chi connectivity index (χ4v) is 3.31. The van der Waals surface area contributed by atoms with Gasteiger partial charge in [-0.1, -0.05) is 6.07 Å². The van der Waals surface area contributed by atoms with Crippen LogP contribution in [-0.2, 0) is 0 Å². The average Bonchev–Trinajstić information content (AvgIpc) is 3.39. The van der Waals surface area contributed by atoms with Crippen molar-refractivity contribution in [1.29, 1.82) is 0 Å². The first kappa shape index (κ1) is 19.6. The Morgan fingerprint density at radius 2 is 2.13 bits per heavy atom. The molecular formula is C20H23N7O3. The van der Waals surface area contributed by atoms with Gasteiger partial charge in [0.05, 0.1) is 11.9 Å². The molecule has 0 bridgehead atoms. The van der Waals surface area contributed by atoms with Crippen LogP contribution in [0.25, 0.3) is 16.7 Å². The van der Waals surface area contributed by atoms with E-state index in [0.29, 0.717) is 33.9 Å². The Balaban J connectivity index is 0.00000106. The monoisotopic (exact) mass is 409 g/mol. The Hall–Kier alpha value is -3.66. The van der Waals surface area contributed by atoms with Gasteiger partial charge in [0.15, 0.2) is 17.6 Å². The Labute approximate surface area is 172 Å². The SMILES string of the molecule is CNc1cc(Nc2cccc3ocnc23)nc2c(C(=O)NC3CCC3)cnn12.CO. The van der Waals surface area contributed by atoms with Crippen molar-refractivity contribution >= 4 is 40.0 Å². The van der Waals surface area contributed by atoms with Crippen LogP contribution < -0.4 is 16.0 Å². The van der Waals surface area contributed by atoms with Crippen LogP contribution in [0.3, 0.4) is 0 Å². The van der Waals surface area contributed by atoms with Gasteiger partial charge in [-0.05, 0) is 31.4 Å². The summed E-state index contributed by atoms with van der Waals surface area (Å²) in [5.74, 6) is 1.14. The minimum atomic E-state index is -0.148. The van der Waals surface area contributed by atoms with E-state index in [-0.39, 0.29) is 11.9 Å². The van der Waals surface area contributed by atoms with E-state index >= 15 is 0 Å². The van der Waals surface area contributed by atoms with Crippen LogP contribution in [0.15, 0.2) is 41.3 Å². The molecule has 1 aliphatic rings. The summed E-state index contributed by atoms with van der Waals surface area (Å²) in [4.78, 5) is 21.5. The lowest BCUT2D eigenvalue weighted by Gasteiger charge is -2.26. The lowest BCUT2D eigenvalue weighted by Crippen LogP contribution is -2.39. The third-order valence-corrected chi connectivity index (χ3v) is 5.04. The van der Waals surface area contributed by atoms with E-state index in [1.807, 2.05) is 24.3 Å². The van der Waals surface area contributed by atoms with Crippen LogP contribution in [0.1, 0.15) is 29.6 Å². The van der Waals surface area contributed by atoms with Gasteiger partial charge in [-0.25, -0.2) is 9.97 Å². The Morgan fingerprint density at radius 3 is 2.87 bits per heavy atom. The third-order valence-electron chi connectivity index (χ3n) is 5.04. The number of amides is 1. The van der Waals surface area contributed by atoms with Crippen LogP contribution in [0.4, 0.5) is 17.3 Å². The van der Waals surface area contributed by atoms with Crippen molar-refractivity contribution in [2.24, 2.45) is 0 Å². The number of oxazole rings is 1. The lowest BCUT2D eigenvalue weighted by atomic mass is 9.93. The molecule has 5 rings (SSSR count). The molecule has 0 radical (unpaired) electrons. The summed E-state index contributed by atoms with van der Waals surface area (Å²) in [5.41, 5.74) is 3.10. The van der Waals surface area contributed by atoms with Gasteiger partial charge < -0.3 is 25.5 Å². The molecule has 0 atom stereocenters. The molecule has 1 saturated carbocycles. The highest BCUT2D eigenvalue weighted by Gasteiger charge is 2.23. The quantitative estimate of drug-likeness (QED) is 0.396. The number of anilines is 3. The number of aromatic nitrogens is 4. The van der Waals surface area contributed by atoms with E-state index in [1.165, 1.54) is 6.39 Å². The van der Waals surface area contributed by atoms with E-state index in [1.54, 1.807) is 17.8 Å². The zero-order valence-electron chi connectivity index (χ0n) is 16.7. The number of nitrogens with zero attached hydrogens (tertiary/aromatic N) is 4. The first-order chi connectivity index (χ1) is 14.7. The molecule has 0 spiro atoms. The van der Waals surface area contributed by atoms with Crippen LogP contribution in [0.2, 0.25) is 0 Å². The maximum atomic E-state index is 12.7. The first-order valence-electron chi connectivity index (χ1n) is 9.64. The molecule has 4 N–H and O–H groups in total. The van der Waals surface area contributed by atoms with Gasteiger partial charge in [-0.3, -0.25) is 4.79 Å². The van der Waals surface area contributed by atoms with E-state index in [4.69, 9.17) is 9.52 Å². The highest BCUT2D eigenvalue weighted by Crippen LogP contribution is 2.27. The fraction of sp³-hybridized carbons (Fsp3) is 0.300. The molecule has 10 heteroatoms. The van der Waals surface area contributed by atoms with Gasteiger partial charge in [0.2, 0.25) is 0 Å². The Kier molecular flexibility index (Phi) is 5.48. The first-order valence-corrected chi connectivity index (χ1v) is 9.64. The number of fused-ring (bicyclic) bond motifs is 2. The van der Waals surface area contributed by atoms with E-state index in [0.717, 1.165) is 32.1 Å². The summed E-state index contributed by atoms with van der Waals surface area (Å²) >= 11 is 0. The molecular weight excluding hydrogens is 386 g/mol. The number of hydrogen-bond donors (Lipinski definition) is 4. The molecule has 1 aromatic carbocycles. The zero-order valence-corrected chi connectivity index (χ0v) is 16.7. The van der Waals surface area contributed by atoms with Crippen molar-refractivity contribution in [2.75, 3.05) is 24.8 Å². The van der Waals surface area contributed by atoms with Gasteiger partial charge >= 0.3 is 0 Å². The summed E-state index contributed by atoms with van der Waals surface area (Å²) in [5, 5.41) is 20.7. The van der Waals surface area contributed by atoms with Crippen LogP contribution in [-0.4, -0.2) is 50.8 Å². The number of hydrogen-bond acceptors (Lipinski definition) is 8. The summed E-state index contributed by atoms with van der Waals surface area (Å²) in [6.07, 6.45) is 6.16. The predicted molar refractivity (Wildman–Crippen MR) is 113 cm³/mol. The predicted octanol–water partition coefficient (Wildman–Crippen LogP) is 2.55. The molecule has 4 aromatic rings. The maximum Gasteiger partial charge on any atom is 0.256 e. The molecule has 1 aliphatic carbocycles. The smallest absolute Gasteiger partial charge is 0.256 e. The van der Waals surface area contributed by atoms with Gasteiger partial charge in [0.25, 0.3) is 5.91 Å². The number of nitrogens with one attached hydrogen (secondary N) is 3. The summed E-state index contributed by atoms with van der Waals surface area (Å²) < 4.78 is 6.97.